The third-order valence-electron chi connectivity index (χ3n) is 5.87. The van der Waals surface area contributed by atoms with Crippen LogP contribution in [-0.2, 0) is 20.5 Å². The molecular formula is C26H27N7. The van der Waals surface area contributed by atoms with Crippen LogP contribution in [0.25, 0.3) is 33.8 Å². The minimum absolute atomic E-state index is 0.287. The van der Waals surface area contributed by atoms with Crippen molar-refractivity contribution < 1.29 is 0 Å². The summed E-state index contributed by atoms with van der Waals surface area (Å²) in [5, 5.41) is 4.76. The molecular weight excluding hydrogens is 410 g/mol. The van der Waals surface area contributed by atoms with Gasteiger partial charge in [0.05, 0.1) is 23.3 Å². The summed E-state index contributed by atoms with van der Waals surface area (Å²) in [6.07, 6.45) is 6.41. The average molecular weight is 438 g/mol. The van der Waals surface area contributed by atoms with Crippen molar-refractivity contribution in [3.8, 4) is 22.8 Å². The van der Waals surface area contributed by atoms with Crippen molar-refractivity contribution in [1.29, 1.82) is 0 Å². The number of imidazole rings is 1. The summed E-state index contributed by atoms with van der Waals surface area (Å²) in [5.41, 5.74) is 8.00. The summed E-state index contributed by atoms with van der Waals surface area (Å²) in [5.74, 6) is 1.95. The number of hydrogen-bond acceptors (Lipinski definition) is 5. The fourth-order valence-electron chi connectivity index (χ4n) is 4.27. The summed E-state index contributed by atoms with van der Waals surface area (Å²) in [6, 6.07) is 12.5. The number of fused-ring (bicyclic) bond motifs is 1. The minimum Gasteiger partial charge on any atom is -0.334 e. The second-order valence-corrected chi connectivity index (χ2v) is 8.78. The normalized spacial score (nSPS) is 11.6. The van der Waals surface area contributed by atoms with E-state index in [1.807, 2.05) is 56.4 Å². The molecule has 0 N–H and O–H groups in total. The van der Waals surface area contributed by atoms with E-state index in [9.17, 15) is 0 Å². The Labute approximate surface area is 193 Å². The predicted molar refractivity (Wildman–Crippen MR) is 130 cm³/mol. The Hall–Kier alpha value is -3.87. The number of nitrogens with zero attached hydrogens (tertiary/aromatic N) is 7. The van der Waals surface area contributed by atoms with Gasteiger partial charge in [-0.2, -0.15) is 5.10 Å². The first-order valence-corrected chi connectivity index (χ1v) is 11.1. The van der Waals surface area contributed by atoms with Crippen LogP contribution in [0.2, 0.25) is 0 Å². The summed E-state index contributed by atoms with van der Waals surface area (Å²) < 4.78 is 3.91. The third-order valence-corrected chi connectivity index (χ3v) is 5.87. The molecule has 5 aromatic rings. The van der Waals surface area contributed by atoms with Gasteiger partial charge in [0.2, 0.25) is 0 Å². The van der Waals surface area contributed by atoms with Crippen LogP contribution in [0.1, 0.15) is 42.4 Å². The molecule has 166 valence electrons. The predicted octanol–water partition coefficient (Wildman–Crippen LogP) is 4.85. The monoisotopic (exact) mass is 437 g/mol. The Balaban J connectivity index is 1.50. The Morgan fingerprint density at radius 2 is 1.76 bits per heavy atom. The van der Waals surface area contributed by atoms with Crippen molar-refractivity contribution in [3.63, 3.8) is 0 Å². The van der Waals surface area contributed by atoms with Gasteiger partial charge in [-0.25, -0.2) is 15.0 Å². The molecule has 0 amide bonds. The van der Waals surface area contributed by atoms with Crippen molar-refractivity contribution in [1.82, 2.24) is 34.3 Å². The lowest BCUT2D eigenvalue weighted by atomic mass is 10.0. The molecule has 0 saturated carbocycles. The summed E-state index contributed by atoms with van der Waals surface area (Å²) in [4.78, 5) is 18.8. The maximum Gasteiger partial charge on any atom is 0.161 e. The van der Waals surface area contributed by atoms with Gasteiger partial charge in [0.1, 0.15) is 16.9 Å². The minimum atomic E-state index is 0.287. The van der Waals surface area contributed by atoms with Crippen LogP contribution in [0.5, 0.6) is 0 Å². The lowest BCUT2D eigenvalue weighted by molar-refractivity contribution is 0.773. The first kappa shape index (κ1) is 21.0. The highest BCUT2D eigenvalue weighted by Gasteiger charge is 2.17. The highest BCUT2D eigenvalue weighted by Crippen LogP contribution is 2.27. The molecule has 0 bridgehead atoms. The van der Waals surface area contributed by atoms with Gasteiger partial charge in [0.25, 0.3) is 0 Å². The third kappa shape index (κ3) is 3.91. The van der Waals surface area contributed by atoms with E-state index >= 15 is 0 Å². The van der Waals surface area contributed by atoms with Crippen molar-refractivity contribution in [2.24, 2.45) is 14.1 Å². The van der Waals surface area contributed by atoms with E-state index in [2.05, 4.69) is 57.6 Å². The second-order valence-electron chi connectivity index (χ2n) is 8.78. The molecule has 0 atom stereocenters. The van der Waals surface area contributed by atoms with Gasteiger partial charge >= 0.3 is 0 Å². The van der Waals surface area contributed by atoms with E-state index in [0.717, 1.165) is 45.1 Å². The van der Waals surface area contributed by atoms with Gasteiger partial charge in [0, 0.05) is 44.0 Å². The van der Waals surface area contributed by atoms with Crippen molar-refractivity contribution >= 4 is 11.0 Å². The van der Waals surface area contributed by atoms with Crippen LogP contribution in [0.15, 0.2) is 55.0 Å². The lowest BCUT2D eigenvalue weighted by Gasteiger charge is -2.10. The van der Waals surface area contributed by atoms with Gasteiger partial charge in [-0.3, -0.25) is 9.67 Å². The molecule has 0 spiro atoms. The first-order chi connectivity index (χ1) is 15.9. The van der Waals surface area contributed by atoms with E-state index in [1.165, 1.54) is 5.56 Å². The molecule has 4 heterocycles. The number of benzene rings is 1. The van der Waals surface area contributed by atoms with Gasteiger partial charge < -0.3 is 4.57 Å². The van der Waals surface area contributed by atoms with Crippen LogP contribution in [0.3, 0.4) is 0 Å². The zero-order valence-corrected chi connectivity index (χ0v) is 19.6. The fourth-order valence-corrected chi connectivity index (χ4v) is 4.27. The Kier molecular flexibility index (Phi) is 5.24. The van der Waals surface area contributed by atoms with Crippen molar-refractivity contribution in [2.75, 3.05) is 0 Å². The Morgan fingerprint density at radius 1 is 0.970 bits per heavy atom. The highest BCUT2D eigenvalue weighted by atomic mass is 15.3. The van der Waals surface area contributed by atoms with E-state index in [4.69, 9.17) is 10.1 Å². The molecule has 7 nitrogen and oxygen atoms in total. The Bertz CT molecular complexity index is 1440. The molecule has 7 heteroatoms. The number of hydrogen-bond donors (Lipinski definition) is 0. The molecule has 0 fully saturated rings. The summed E-state index contributed by atoms with van der Waals surface area (Å²) in [7, 11) is 3.96. The van der Waals surface area contributed by atoms with Crippen molar-refractivity contribution in [3.05, 3.63) is 77.6 Å². The van der Waals surface area contributed by atoms with Crippen LogP contribution in [-0.4, -0.2) is 34.3 Å². The lowest BCUT2D eigenvalue weighted by Crippen LogP contribution is -2.00. The van der Waals surface area contributed by atoms with E-state index in [1.54, 1.807) is 0 Å². The quantitative estimate of drug-likeness (QED) is 0.393. The second kappa shape index (κ2) is 8.24. The van der Waals surface area contributed by atoms with Crippen molar-refractivity contribution in [2.45, 2.75) is 33.1 Å². The number of aryl methyl sites for hydroxylation is 3. The zero-order valence-electron chi connectivity index (χ0n) is 19.6. The maximum absolute atomic E-state index is 4.94. The Morgan fingerprint density at radius 3 is 2.45 bits per heavy atom. The molecule has 33 heavy (non-hydrogen) atoms. The molecule has 0 saturated heterocycles. The van der Waals surface area contributed by atoms with Crippen LogP contribution >= 0.6 is 0 Å². The molecule has 0 aliphatic heterocycles. The maximum atomic E-state index is 4.94. The van der Waals surface area contributed by atoms with Crippen LogP contribution < -0.4 is 0 Å². The van der Waals surface area contributed by atoms with E-state index in [0.29, 0.717) is 12.2 Å². The molecule has 0 aliphatic rings. The number of aromatic nitrogens is 7. The number of pyridine rings is 1. The highest BCUT2D eigenvalue weighted by molar-refractivity contribution is 5.79. The summed E-state index contributed by atoms with van der Waals surface area (Å²) >= 11 is 0. The van der Waals surface area contributed by atoms with E-state index in [-0.39, 0.29) is 5.92 Å². The smallest absolute Gasteiger partial charge is 0.161 e. The fraction of sp³-hybridized carbons (Fsp3) is 0.269. The molecule has 5 rings (SSSR count). The van der Waals surface area contributed by atoms with Gasteiger partial charge in [-0.1, -0.05) is 38.1 Å². The standard InChI is InChI=1S/C26H27N7/c1-16(2)23-20(7-6-12-27-23)25-28-14-22-24(30-25)21(31-33(22)5)13-18-8-10-19(11-9-18)26-29-17(3)15-32(26)4/h6-12,14-16H,13H2,1-5H3. The van der Waals surface area contributed by atoms with E-state index < -0.39 is 0 Å². The molecule has 4 aromatic heterocycles. The molecule has 1 aromatic carbocycles. The topological polar surface area (TPSA) is 74.3 Å². The molecule has 0 radical (unpaired) electrons. The largest absolute Gasteiger partial charge is 0.334 e. The zero-order chi connectivity index (χ0) is 23.1. The van der Waals surface area contributed by atoms with Gasteiger partial charge in [0.15, 0.2) is 5.82 Å². The van der Waals surface area contributed by atoms with Crippen LogP contribution in [0, 0.1) is 6.92 Å². The number of rotatable bonds is 5. The molecule has 0 aliphatic carbocycles. The van der Waals surface area contributed by atoms with Crippen LogP contribution in [0.4, 0.5) is 0 Å². The summed E-state index contributed by atoms with van der Waals surface area (Å²) in [6.45, 7) is 6.28. The van der Waals surface area contributed by atoms with Gasteiger partial charge in [-0.05, 0) is 30.5 Å². The molecule has 0 unspecified atom stereocenters. The SMILES string of the molecule is Cc1cn(C)c(-c2ccc(Cc3nn(C)c4cnc(-c5cccnc5C(C)C)nc34)cc2)n1. The average Bonchev–Trinajstić information content (AvgIpc) is 3.31. The van der Waals surface area contributed by atoms with Gasteiger partial charge in [-0.15, -0.1) is 0 Å². The first-order valence-electron chi connectivity index (χ1n) is 11.1.